The van der Waals surface area contributed by atoms with Crippen molar-refractivity contribution in [1.29, 1.82) is 0 Å². The van der Waals surface area contributed by atoms with Gasteiger partial charge in [-0.25, -0.2) is 4.79 Å². The molecule has 5 aromatic rings. The maximum atomic E-state index is 11.3. The number of hydrogen-bond acceptors (Lipinski definition) is 4. The molecule has 1 atom stereocenters. The summed E-state index contributed by atoms with van der Waals surface area (Å²) in [4.78, 5) is 11.3. The highest BCUT2D eigenvalue weighted by Gasteiger charge is 2.24. The van der Waals surface area contributed by atoms with Crippen LogP contribution < -0.4 is 4.74 Å². The van der Waals surface area contributed by atoms with E-state index >= 15 is 0 Å². The van der Waals surface area contributed by atoms with Crippen molar-refractivity contribution in [1.82, 2.24) is 0 Å². The molecule has 0 spiro atoms. The molecule has 46 heavy (non-hydrogen) atoms. The lowest BCUT2D eigenvalue weighted by atomic mass is 9.91. The van der Waals surface area contributed by atoms with Gasteiger partial charge in [-0.1, -0.05) is 121 Å². The Balaban J connectivity index is 1.22. The molecule has 1 aliphatic carbocycles. The number of rotatable bonds is 13. The zero-order chi connectivity index (χ0) is 31.7. The van der Waals surface area contributed by atoms with E-state index in [1.807, 2.05) is 36.4 Å². The Labute approximate surface area is 270 Å². The van der Waals surface area contributed by atoms with E-state index < -0.39 is 12.1 Å². The van der Waals surface area contributed by atoms with E-state index in [9.17, 15) is 9.90 Å². The Morgan fingerprint density at radius 2 is 1.17 bits per heavy atom. The van der Waals surface area contributed by atoms with Crippen LogP contribution in [0, 0.1) is 0 Å². The summed E-state index contributed by atoms with van der Waals surface area (Å²) in [5.74, 6) is -0.272. The molecule has 0 bridgehead atoms. The minimum absolute atomic E-state index is 0.264. The number of fused-ring (bicyclic) bond motifs is 2. The Bertz CT molecular complexity index is 1680. The lowest BCUT2D eigenvalue weighted by Crippen LogP contribution is -2.24. The summed E-state index contributed by atoms with van der Waals surface area (Å²) in [6.45, 7) is 0.763. The predicted molar refractivity (Wildman–Crippen MR) is 182 cm³/mol. The molecule has 0 heterocycles. The van der Waals surface area contributed by atoms with E-state index in [4.69, 9.17) is 14.2 Å². The second kappa shape index (κ2) is 14.9. The Kier molecular flexibility index (Phi) is 10.0. The zero-order valence-electron chi connectivity index (χ0n) is 26.0. The minimum atomic E-state index is -0.976. The third kappa shape index (κ3) is 7.81. The van der Waals surface area contributed by atoms with E-state index in [-0.39, 0.29) is 6.10 Å². The second-order valence-corrected chi connectivity index (χ2v) is 11.6. The topological polar surface area (TPSA) is 65.0 Å². The molecule has 6 rings (SSSR count). The number of carboxylic acids is 1. The van der Waals surface area contributed by atoms with Crippen molar-refractivity contribution in [3.05, 3.63) is 171 Å². The fraction of sp³-hybridized carbons (Fsp3) is 0.195. The van der Waals surface area contributed by atoms with Gasteiger partial charge in [0.15, 0.2) is 6.10 Å². The molecule has 0 amide bonds. The normalized spacial score (nSPS) is 13.0. The molecule has 5 nitrogen and oxygen atoms in total. The summed E-state index contributed by atoms with van der Waals surface area (Å²) < 4.78 is 17.8. The van der Waals surface area contributed by atoms with Gasteiger partial charge < -0.3 is 19.3 Å². The van der Waals surface area contributed by atoms with Gasteiger partial charge in [-0.15, -0.1) is 0 Å². The van der Waals surface area contributed by atoms with Crippen LogP contribution in [0.3, 0.4) is 0 Å². The van der Waals surface area contributed by atoms with Gasteiger partial charge >= 0.3 is 5.97 Å². The molecule has 232 valence electrons. The minimum Gasteiger partial charge on any atom is -0.491 e. The lowest BCUT2D eigenvalue weighted by Gasteiger charge is -2.23. The molecule has 0 aromatic heterocycles. The van der Waals surface area contributed by atoms with Crippen LogP contribution >= 0.6 is 0 Å². The fourth-order valence-corrected chi connectivity index (χ4v) is 5.95. The average molecular weight is 611 g/mol. The number of hydrogen-bond donors (Lipinski definition) is 1. The first kappa shape index (κ1) is 31.0. The second-order valence-electron chi connectivity index (χ2n) is 11.6. The Morgan fingerprint density at radius 1 is 0.652 bits per heavy atom. The fourth-order valence-electron chi connectivity index (χ4n) is 5.95. The van der Waals surface area contributed by atoms with Crippen LogP contribution in [-0.2, 0) is 33.5 Å². The number of carbonyl (C=O) groups is 1. The van der Waals surface area contributed by atoms with Crippen LogP contribution in [0.15, 0.2) is 121 Å². The standard InChI is InChI=1S/C41H38O5/c1-44-39(41(42)43)28-31-14-20-36(21-15-31)45-22-23-46-40-37-26-32(24-29-8-4-2-5-9-29)12-16-34(37)18-19-35-17-13-33(27-38(35)40)25-30-10-6-3-7-11-30/h2-21,26-27,39-40H,22-25,28H2,1H3,(H,42,43). The summed E-state index contributed by atoms with van der Waals surface area (Å²) >= 11 is 0. The van der Waals surface area contributed by atoms with Crippen LogP contribution in [-0.4, -0.2) is 37.5 Å². The first-order valence-corrected chi connectivity index (χ1v) is 15.7. The predicted octanol–water partition coefficient (Wildman–Crippen LogP) is 8.18. The van der Waals surface area contributed by atoms with Gasteiger partial charge in [0.1, 0.15) is 18.5 Å². The average Bonchev–Trinajstić information content (AvgIpc) is 3.23. The highest BCUT2D eigenvalue weighted by Crippen LogP contribution is 2.37. The van der Waals surface area contributed by atoms with Crippen molar-refractivity contribution in [3.8, 4) is 5.75 Å². The number of benzene rings is 5. The smallest absolute Gasteiger partial charge is 0.333 e. The summed E-state index contributed by atoms with van der Waals surface area (Å²) in [6.07, 6.45) is 5.24. The zero-order valence-corrected chi connectivity index (χ0v) is 26.0. The van der Waals surface area contributed by atoms with Crippen LogP contribution in [0.5, 0.6) is 5.75 Å². The first-order valence-electron chi connectivity index (χ1n) is 15.7. The van der Waals surface area contributed by atoms with Gasteiger partial charge in [0.2, 0.25) is 0 Å². The maximum absolute atomic E-state index is 11.3. The highest BCUT2D eigenvalue weighted by atomic mass is 16.5. The Morgan fingerprint density at radius 3 is 1.67 bits per heavy atom. The van der Waals surface area contributed by atoms with Gasteiger partial charge in [-0.3, -0.25) is 0 Å². The highest BCUT2D eigenvalue weighted by molar-refractivity contribution is 5.76. The van der Waals surface area contributed by atoms with Crippen LogP contribution in [0.4, 0.5) is 0 Å². The third-order valence-corrected chi connectivity index (χ3v) is 8.35. The van der Waals surface area contributed by atoms with Crippen molar-refractivity contribution in [2.45, 2.75) is 31.5 Å². The number of carboxylic acid groups (broad SMARTS) is 1. The molecule has 1 unspecified atom stereocenters. The van der Waals surface area contributed by atoms with Gasteiger partial charge in [0, 0.05) is 13.5 Å². The van der Waals surface area contributed by atoms with Gasteiger partial charge in [-0.2, -0.15) is 0 Å². The van der Waals surface area contributed by atoms with Crippen molar-refractivity contribution >= 4 is 18.1 Å². The summed E-state index contributed by atoms with van der Waals surface area (Å²) in [6, 6.07) is 41.9. The molecule has 5 heteroatoms. The molecule has 0 radical (unpaired) electrons. The van der Waals surface area contributed by atoms with Crippen molar-refractivity contribution in [3.63, 3.8) is 0 Å². The largest absolute Gasteiger partial charge is 0.491 e. The molecular weight excluding hydrogens is 572 g/mol. The van der Waals surface area contributed by atoms with E-state index in [1.54, 1.807) is 0 Å². The quantitative estimate of drug-likeness (QED) is 0.136. The summed E-state index contributed by atoms with van der Waals surface area (Å²) in [7, 11) is 1.41. The van der Waals surface area contributed by atoms with Gasteiger partial charge in [0.25, 0.3) is 0 Å². The number of ether oxygens (including phenoxy) is 3. The maximum Gasteiger partial charge on any atom is 0.333 e. The van der Waals surface area contributed by atoms with Crippen LogP contribution in [0.1, 0.15) is 56.2 Å². The van der Waals surface area contributed by atoms with Gasteiger partial charge in [0.05, 0.1) is 6.61 Å². The molecule has 0 saturated heterocycles. The SMILES string of the molecule is COC(Cc1ccc(OCCOC2c3cc(Cc4ccccc4)ccc3C=Cc3ccc(Cc4ccccc4)cc32)cc1)C(=O)O. The van der Waals surface area contributed by atoms with Crippen molar-refractivity contribution < 1.29 is 24.1 Å². The molecule has 0 aliphatic heterocycles. The van der Waals surface area contributed by atoms with Crippen LogP contribution in [0.2, 0.25) is 0 Å². The van der Waals surface area contributed by atoms with Crippen molar-refractivity contribution in [2.75, 3.05) is 20.3 Å². The molecule has 0 saturated carbocycles. The monoisotopic (exact) mass is 610 g/mol. The van der Waals surface area contributed by atoms with Crippen LogP contribution in [0.25, 0.3) is 12.2 Å². The first-order chi connectivity index (χ1) is 22.6. The molecule has 1 aliphatic rings. The summed E-state index contributed by atoms with van der Waals surface area (Å²) in [5.41, 5.74) is 10.5. The molecule has 1 N–H and O–H groups in total. The number of methoxy groups -OCH3 is 1. The van der Waals surface area contributed by atoms with E-state index in [0.29, 0.717) is 25.4 Å². The lowest BCUT2D eigenvalue weighted by molar-refractivity contribution is -0.148. The van der Waals surface area contributed by atoms with Crippen molar-refractivity contribution in [2.24, 2.45) is 0 Å². The molecular formula is C41H38O5. The van der Waals surface area contributed by atoms with Gasteiger partial charge in [-0.05, 0) is 75.0 Å². The van der Waals surface area contributed by atoms with E-state index in [1.165, 1.54) is 29.4 Å². The van der Waals surface area contributed by atoms with E-state index in [0.717, 1.165) is 40.7 Å². The third-order valence-electron chi connectivity index (χ3n) is 8.35. The summed E-state index contributed by atoms with van der Waals surface area (Å²) in [5, 5.41) is 9.28. The molecule has 0 fully saturated rings. The number of aliphatic carboxylic acids is 1. The Hall–Kier alpha value is -4.97. The van der Waals surface area contributed by atoms with E-state index in [2.05, 4.69) is 97.1 Å². The molecule has 5 aromatic carbocycles.